The Morgan fingerprint density at radius 2 is 2.02 bits per heavy atom. The normalized spacial score (nSPS) is 18.6. The van der Waals surface area contributed by atoms with Gasteiger partial charge in [0.15, 0.2) is 0 Å². The lowest BCUT2D eigenvalue weighted by molar-refractivity contribution is -0.137. The summed E-state index contributed by atoms with van der Waals surface area (Å²) in [6.45, 7) is 0.353. The summed E-state index contributed by atoms with van der Waals surface area (Å²) < 4.78 is 27.0. The van der Waals surface area contributed by atoms with E-state index in [2.05, 4.69) is 10.3 Å². The first-order valence-electron chi connectivity index (χ1n) is 14.1. The zero-order chi connectivity index (χ0) is 30.1. The standard InChI is InChI=1S/C31H29ClFN3O6S/c32-23-10-17(24(33)13-25(23)35-30(40)22-16-41-27-7-2-1-6-21(22)27)11-28(37)36-15-19(42-18-4-3-5-18)12-26(36)31-34-14-20(43-31)8-9-29(38)39/h1-2,6-7,10,13-14,16,18-19,26H,3-5,8-9,11-12,15H2,(H,35,40)(H,38,39)/t19-,26-/m0/s1. The van der Waals surface area contributed by atoms with Crippen LogP contribution in [0.2, 0.25) is 5.02 Å². The van der Waals surface area contributed by atoms with Crippen molar-refractivity contribution in [2.45, 2.75) is 63.2 Å². The molecule has 0 bridgehead atoms. The molecule has 43 heavy (non-hydrogen) atoms. The molecule has 1 aliphatic heterocycles. The van der Waals surface area contributed by atoms with Gasteiger partial charge in [-0.1, -0.05) is 29.8 Å². The second-order valence-corrected chi connectivity index (χ2v) is 12.4. The van der Waals surface area contributed by atoms with E-state index < -0.39 is 17.7 Å². The molecule has 2 aliphatic rings. The molecule has 0 unspecified atom stereocenters. The number of thiazole rings is 1. The Morgan fingerprint density at radius 1 is 1.21 bits per heavy atom. The Kier molecular flexibility index (Phi) is 8.47. The van der Waals surface area contributed by atoms with E-state index in [0.717, 1.165) is 30.2 Å². The number of carboxylic acids is 1. The zero-order valence-corrected chi connectivity index (χ0v) is 24.6. The van der Waals surface area contributed by atoms with Crippen molar-refractivity contribution in [3.05, 3.63) is 80.7 Å². The molecule has 1 aliphatic carbocycles. The number of rotatable bonds is 10. The SMILES string of the molecule is O=C(O)CCc1cnc([C@@H]2C[C@H](OC3CCC3)CN2C(=O)Cc2cc(Cl)c(NC(=O)c3coc4ccccc34)cc2F)s1. The van der Waals surface area contributed by atoms with Crippen molar-refractivity contribution in [2.75, 3.05) is 11.9 Å². The van der Waals surface area contributed by atoms with Crippen LogP contribution in [0.4, 0.5) is 10.1 Å². The highest BCUT2D eigenvalue weighted by Gasteiger charge is 2.40. The molecule has 9 nitrogen and oxygen atoms in total. The van der Waals surface area contributed by atoms with Crippen LogP contribution in [-0.2, 0) is 27.2 Å². The number of aromatic nitrogens is 1. The molecule has 2 N–H and O–H groups in total. The fraction of sp³-hybridized carbons (Fsp3) is 0.355. The van der Waals surface area contributed by atoms with Crippen molar-refractivity contribution in [3.63, 3.8) is 0 Å². The van der Waals surface area contributed by atoms with Crippen LogP contribution in [-0.4, -0.2) is 51.5 Å². The van der Waals surface area contributed by atoms with E-state index in [1.54, 1.807) is 35.4 Å². The van der Waals surface area contributed by atoms with Crippen molar-refractivity contribution < 1.29 is 33.0 Å². The highest BCUT2D eigenvalue weighted by molar-refractivity contribution is 7.11. The molecule has 2 aromatic heterocycles. The first-order valence-corrected chi connectivity index (χ1v) is 15.3. The molecular formula is C31H29ClFN3O6S. The monoisotopic (exact) mass is 625 g/mol. The number of aryl methyl sites for hydroxylation is 1. The molecule has 0 radical (unpaired) electrons. The van der Waals surface area contributed by atoms with Gasteiger partial charge in [-0.05, 0) is 49.4 Å². The minimum atomic E-state index is -0.886. The van der Waals surface area contributed by atoms with Gasteiger partial charge in [0.1, 0.15) is 22.7 Å². The maximum atomic E-state index is 15.3. The van der Waals surface area contributed by atoms with Gasteiger partial charge in [-0.2, -0.15) is 0 Å². The van der Waals surface area contributed by atoms with Crippen molar-refractivity contribution in [3.8, 4) is 0 Å². The number of para-hydroxylation sites is 1. The third-order valence-electron chi connectivity index (χ3n) is 7.91. The van der Waals surface area contributed by atoms with E-state index in [4.69, 9.17) is 25.9 Å². The first kappa shape index (κ1) is 29.3. The van der Waals surface area contributed by atoms with Gasteiger partial charge in [0, 0.05) is 29.4 Å². The van der Waals surface area contributed by atoms with Crippen LogP contribution < -0.4 is 5.32 Å². The number of benzene rings is 2. The van der Waals surface area contributed by atoms with Gasteiger partial charge in [0.05, 0.1) is 47.4 Å². The van der Waals surface area contributed by atoms with Crippen LogP contribution in [0.5, 0.6) is 0 Å². The molecule has 2 atom stereocenters. The van der Waals surface area contributed by atoms with Crippen LogP contribution in [0.15, 0.2) is 53.3 Å². The Balaban J connectivity index is 1.17. The van der Waals surface area contributed by atoms with E-state index >= 15 is 4.39 Å². The van der Waals surface area contributed by atoms with Crippen LogP contribution >= 0.6 is 22.9 Å². The van der Waals surface area contributed by atoms with E-state index in [1.165, 1.54) is 23.7 Å². The Labute approximate surface area is 255 Å². The van der Waals surface area contributed by atoms with Crippen molar-refractivity contribution >= 4 is 57.4 Å². The minimum Gasteiger partial charge on any atom is -0.481 e. The molecular weight excluding hydrogens is 597 g/mol. The first-order chi connectivity index (χ1) is 20.7. The van der Waals surface area contributed by atoms with Crippen LogP contribution in [0.1, 0.15) is 64.0 Å². The molecule has 3 heterocycles. The number of hydrogen-bond donors (Lipinski definition) is 2. The minimum absolute atomic E-state index is 0.00246. The number of furan rings is 1. The summed E-state index contributed by atoms with van der Waals surface area (Å²) in [7, 11) is 0. The van der Waals surface area contributed by atoms with Crippen LogP contribution in [0.3, 0.4) is 0 Å². The van der Waals surface area contributed by atoms with Crippen molar-refractivity contribution in [2.24, 2.45) is 0 Å². The molecule has 4 aromatic rings. The summed E-state index contributed by atoms with van der Waals surface area (Å²) in [5, 5.41) is 13.1. The molecule has 1 saturated heterocycles. The van der Waals surface area contributed by atoms with Crippen LogP contribution in [0.25, 0.3) is 11.0 Å². The topological polar surface area (TPSA) is 122 Å². The van der Waals surface area contributed by atoms with Gasteiger partial charge in [-0.15, -0.1) is 11.3 Å². The number of nitrogens with one attached hydrogen (secondary N) is 1. The number of anilines is 1. The third-order valence-corrected chi connectivity index (χ3v) is 9.38. The second kappa shape index (κ2) is 12.4. The molecule has 224 valence electrons. The number of amides is 2. The highest BCUT2D eigenvalue weighted by atomic mass is 35.5. The smallest absolute Gasteiger partial charge is 0.303 e. The summed E-state index contributed by atoms with van der Waals surface area (Å²) in [4.78, 5) is 44.5. The number of aliphatic carboxylic acids is 1. The lowest BCUT2D eigenvalue weighted by atomic mass is 9.96. The second-order valence-electron chi connectivity index (χ2n) is 10.9. The van der Waals surface area contributed by atoms with Gasteiger partial charge in [0.25, 0.3) is 5.91 Å². The summed E-state index contributed by atoms with van der Waals surface area (Å²) >= 11 is 7.84. The Hall–Kier alpha value is -3.80. The van der Waals surface area contributed by atoms with Gasteiger partial charge in [0.2, 0.25) is 5.91 Å². The Bertz CT molecular complexity index is 1680. The number of likely N-dealkylation sites (tertiary alicyclic amines) is 1. The summed E-state index contributed by atoms with van der Waals surface area (Å²) in [6.07, 6.45) is 6.80. The number of halogens is 2. The molecule has 1 saturated carbocycles. The van der Waals surface area contributed by atoms with E-state index in [9.17, 15) is 14.4 Å². The Morgan fingerprint density at radius 3 is 2.79 bits per heavy atom. The van der Waals surface area contributed by atoms with E-state index in [-0.39, 0.29) is 53.3 Å². The van der Waals surface area contributed by atoms with Crippen molar-refractivity contribution in [1.82, 2.24) is 9.88 Å². The number of fused-ring (bicyclic) bond motifs is 1. The maximum absolute atomic E-state index is 15.3. The average Bonchev–Trinajstić information content (AvgIpc) is 3.70. The van der Waals surface area contributed by atoms with Gasteiger partial charge in [-0.25, -0.2) is 9.37 Å². The molecule has 2 amide bonds. The molecule has 2 fully saturated rings. The predicted octanol–water partition coefficient (Wildman–Crippen LogP) is 6.41. The quantitative estimate of drug-likeness (QED) is 0.209. The fourth-order valence-corrected chi connectivity index (χ4v) is 6.71. The number of ether oxygens (including phenoxy) is 1. The zero-order valence-electron chi connectivity index (χ0n) is 23.1. The third kappa shape index (κ3) is 6.43. The largest absolute Gasteiger partial charge is 0.481 e. The lowest BCUT2D eigenvalue weighted by Gasteiger charge is -2.28. The summed E-state index contributed by atoms with van der Waals surface area (Å²) in [5.41, 5.74) is 1.02. The molecule has 12 heteroatoms. The van der Waals surface area contributed by atoms with Crippen molar-refractivity contribution in [1.29, 1.82) is 0 Å². The molecule has 6 rings (SSSR count). The fourth-order valence-electron chi connectivity index (χ4n) is 5.43. The summed E-state index contributed by atoms with van der Waals surface area (Å²) in [5.74, 6) is -2.36. The van der Waals surface area contributed by atoms with Crippen LogP contribution in [0, 0.1) is 5.82 Å². The van der Waals surface area contributed by atoms with Gasteiger partial charge >= 0.3 is 5.97 Å². The van der Waals surface area contributed by atoms with Gasteiger partial charge in [-0.3, -0.25) is 14.4 Å². The summed E-state index contributed by atoms with van der Waals surface area (Å²) in [6, 6.07) is 9.19. The average molecular weight is 626 g/mol. The molecule has 0 spiro atoms. The lowest BCUT2D eigenvalue weighted by Crippen LogP contribution is -2.35. The number of hydrogen-bond acceptors (Lipinski definition) is 7. The number of carbonyl (C=O) groups is 3. The predicted molar refractivity (Wildman–Crippen MR) is 159 cm³/mol. The molecule has 2 aromatic carbocycles. The number of carbonyl (C=O) groups excluding carboxylic acids is 2. The highest BCUT2D eigenvalue weighted by Crippen LogP contribution is 2.39. The maximum Gasteiger partial charge on any atom is 0.303 e. The number of carboxylic acid groups (broad SMARTS) is 1. The number of nitrogens with zero attached hydrogens (tertiary/aromatic N) is 2. The van der Waals surface area contributed by atoms with E-state index in [1.807, 2.05) is 0 Å². The van der Waals surface area contributed by atoms with Gasteiger partial charge < -0.3 is 24.5 Å². The van der Waals surface area contributed by atoms with E-state index in [0.29, 0.717) is 40.9 Å².